The SMILES string of the molecule is N#Cc1c(C#N)c(-n2c3ccccc3c3c4c(ccc32)C(c2ccccc2)(c2ccccc2)c2ccccc2-4)c(-n2c3ccccc3c3ccccc32)c(-n2c3ccccc3c3ccccc32)c1-n1c2ccccc2c2c3c(ccc21)C(c1ccccc1)(c1ccccc1)c1ccccc1-3. The fourth-order valence-electron chi connectivity index (χ4n) is 18.6. The molecular weight excluding hydrogens is 1210 g/mol. The second-order valence-electron chi connectivity index (χ2n) is 26.6. The van der Waals surface area contributed by atoms with Gasteiger partial charge in [0.25, 0.3) is 0 Å². The number of fused-ring (bicyclic) bond motifs is 20. The van der Waals surface area contributed by atoms with Crippen LogP contribution < -0.4 is 0 Å². The summed E-state index contributed by atoms with van der Waals surface area (Å²) in [5.41, 5.74) is 23.2. The van der Waals surface area contributed by atoms with Gasteiger partial charge in [-0.05, 0) is 115 Å². The van der Waals surface area contributed by atoms with Gasteiger partial charge < -0.3 is 18.3 Å². The first-order chi connectivity index (χ1) is 49.6. The van der Waals surface area contributed by atoms with Gasteiger partial charge in [0.05, 0.1) is 88.8 Å². The summed E-state index contributed by atoms with van der Waals surface area (Å²) in [6.45, 7) is 0. The molecule has 19 aromatic rings. The number of rotatable bonds is 8. The van der Waals surface area contributed by atoms with Crippen molar-refractivity contribution >= 4 is 87.2 Å². The fraction of sp³-hybridized carbons (Fsp3) is 0.0213. The van der Waals surface area contributed by atoms with Crippen molar-refractivity contribution in [1.29, 1.82) is 10.5 Å². The van der Waals surface area contributed by atoms with Crippen LogP contribution in [0.15, 0.2) is 340 Å². The number of nitrogens with zero attached hydrogens (tertiary/aromatic N) is 6. The maximum atomic E-state index is 13.0. The van der Waals surface area contributed by atoms with Gasteiger partial charge in [-0.25, -0.2) is 0 Å². The van der Waals surface area contributed by atoms with E-state index >= 15 is 0 Å². The van der Waals surface area contributed by atoms with Crippen molar-refractivity contribution in [3.8, 4) is 57.1 Å². The molecule has 0 aliphatic heterocycles. The van der Waals surface area contributed by atoms with Crippen LogP contribution in [-0.2, 0) is 10.8 Å². The standard InChI is InChI=1S/C94H56N6/c95-57-71-72(58-96)90(100-82-52-28-20-44-70(82)88-84(100)56-54-76-86(88)68-42-14-22-46-74(68)94(76,61-33-9-3-10-34-61)62-35-11-4-12-36-62)92(98-79-49-25-17-39-65(79)66-40-18-26-50-80(66)98)91(97-77-47-23-15-37-63(77)64-38-16-24-48-78(64)97)89(71)99-81-51-27-19-43-69(81)87-83(99)55-53-75-85(87)67-41-13-21-45-73(67)93(75,59-29-5-1-6-30-59)60-31-7-2-8-32-60/h1-56H. The summed E-state index contributed by atoms with van der Waals surface area (Å²) in [5, 5.41) is 34.4. The van der Waals surface area contributed by atoms with Crippen LogP contribution in [0, 0.1) is 22.7 Å². The van der Waals surface area contributed by atoms with Crippen LogP contribution in [0.1, 0.15) is 55.6 Å². The van der Waals surface area contributed by atoms with E-state index in [0.717, 1.165) is 121 Å². The molecule has 0 fully saturated rings. The van der Waals surface area contributed by atoms with E-state index in [1.165, 1.54) is 44.5 Å². The van der Waals surface area contributed by atoms with Gasteiger partial charge in [-0.2, -0.15) is 10.5 Å². The fourth-order valence-corrected chi connectivity index (χ4v) is 18.6. The Morgan fingerprint density at radius 3 is 0.770 bits per heavy atom. The topological polar surface area (TPSA) is 67.3 Å². The number of nitriles is 2. The van der Waals surface area contributed by atoms with Crippen molar-refractivity contribution in [2.75, 3.05) is 0 Å². The molecule has 0 amide bonds. The molecule has 15 aromatic carbocycles. The second kappa shape index (κ2) is 21.0. The summed E-state index contributed by atoms with van der Waals surface area (Å²) in [7, 11) is 0. The lowest BCUT2D eigenvalue weighted by atomic mass is 9.67. The lowest BCUT2D eigenvalue weighted by molar-refractivity contribution is 0.769. The number of hydrogen-bond acceptors (Lipinski definition) is 2. The van der Waals surface area contributed by atoms with Crippen molar-refractivity contribution in [2.24, 2.45) is 0 Å². The zero-order chi connectivity index (χ0) is 66.0. The Morgan fingerprint density at radius 1 is 0.210 bits per heavy atom. The zero-order valence-electron chi connectivity index (χ0n) is 54.0. The van der Waals surface area contributed by atoms with Gasteiger partial charge in [0, 0.05) is 43.1 Å². The lowest BCUT2D eigenvalue weighted by Gasteiger charge is -2.34. The molecule has 0 radical (unpaired) electrons. The maximum absolute atomic E-state index is 13.0. The normalized spacial score (nSPS) is 13.3. The predicted molar refractivity (Wildman–Crippen MR) is 408 cm³/mol. The number of aromatic nitrogens is 4. The Kier molecular flexibility index (Phi) is 11.7. The molecule has 2 aliphatic carbocycles. The summed E-state index contributed by atoms with van der Waals surface area (Å²) in [6, 6.07) is 129. The minimum absolute atomic E-state index is 0.245. The van der Waals surface area contributed by atoms with E-state index in [9.17, 15) is 10.5 Å². The molecule has 0 atom stereocenters. The van der Waals surface area contributed by atoms with E-state index in [1.807, 2.05) is 0 Å². The summed E-state index contributed by atoms with van der Waals surface area (Å²) >= 11 is 0. The highest BCUT2D eigenvalue weighted by Gasteiger charge is 2.49. The number of hydrogen-bond donors (Lipinski definition) is 0. The monoisotopic (exact) mass is 1270 g/mol. The first-order valence-electron chi connectivity index (χ1n) is 34.2. The number of benzene rings is 15. The molecular formula is C94H56N6. The molecule has 6 nitrogen and oxygen atoms in total. The molecule has 0 saturated heterocycles. The number of para-hydroxylation sites is 6. The first-order valence-corrected chi connectivity index (χ1v) is 34.2. The molecule has 6 heteroatoms. The van der Waals surface area contributed by atoms with Crippen LogP contribution in [0.5, 0.6) is 0 Å². The van der Waals surface area contributed by atoms with Crippen LogP contribution in [0.4, 0.5) is 0 Å². The molecule has 462 valence electrons. The Balaban J connectivity index is 0.995. The molecule has 2 aliphatic rings. The minimum Gasteiger partial charge on any atom is -0.306 e. The molecule has 21 rings (SSSR count). The van der Waals surface area contributed by atoms with Gasteiger partial charge in [-0.15, -0.1) is 0 Å². The van der Waals surface area contributed by atoms with Crippen molar-refractivity contribution in [2.45, 2.75) is 10.8 Å². The average Bonchev–Trinajstić information content (AvgIpc) is 1.51. The Hall–Kier alpha value is -13.5. The molecule has 0 saturated carbocycles. The van der Waals surface area contributed by atoms with E-state index in [0.29, 0.717) is 11.4 Å². The molecule has 4 aromatic heterocycles. The summed E-state index contributed by atoms with van der Waals surface area (Å²) in [6.07, 6.45) is 0. The summed E-state index contributed by atoms with van der Waals surface area (Å²) in [5.74, 6) is 0. The Labute approximate surface area is 575 Å². The lowest BCUT2D eigenvalue weighted by Crippen LogP contribution is -2.28. The van der Waals surface area contributed by atoms with Crippen LogP contribution in [0.2, 0.25) is 0 Å². The average molecular weight is 1270 g/mol. The molecule has 0 spiro atoms. The maximum Gasteiger partial charge on any atom is 0.103 e. The van der Waals surface area contributed by atoms with Crippen molar-refractivity contribution in [1.82, 2.24) is 18.3 Å². The highest BCUT2D eigenvalue weighted by molar-refractivity contribution is 6.22. The van der Waals surface area contributed by atoms with Crippen molar-refractivity contribution < 1.29 is 0 Å². The molecule has 0 unspecified atom stereocenters. The van der Waals surface area contributed by atoms with E-state index in [-0.39, 0.29) is 11.1 Å². The third-order valence-electron chi connectivity index (χ3n) is 22.2. The smallest absolute Gasteiger partial charge is 0.103 e. The van der Waals surface area contributed by atoms with Crippen LogP contribution >= 0.6 is 0 Å². The van der Waals surface area contributed by atoms with E-state index in [2.05, 4.69) is 370 Å². The van der Waals surface area contributed by atoms with Crippen LogP contribution in [-0.4, -0.2) is 18.3 Å². The van der Waals surface area contributed by atoms with Gasteiger partial charge in [0.1, 0.15) is 12.1 Å². The van der Waals surface area contributed by atoms with Crippen LogP contribution in [0.3, 0.4) is 0 Å². The van der Waals surface area contributed by atoms with Crippen LogP contribution in [0.25, 0.3) is 132 Å². The van der Waals surface area contributed by atoms with E-state index in [4.69, 9.17) is 0 Å². The Morgan fingerprint density at radius 2 is 0.460 bits per heavy atom. The van der Waals surface area contributed by atoms with Crippen molar-refractivity contribution in [3.63, 3.8) is 0 Å². The predicted octanol–water partition coefficient (Wildman–Crippen LogP) is 22.5. The molecule has 0 N–H and O–H groups in total. The third kappa shape index (κ3) is 7.07. The minimum atomic E-state index is -0.688. The van der Waals surface area contributed by atoms with Gasteiger partial charge in [-0.3, -0.25) is 0 Å². The van der Waals surface area contributed by atoms with Gasteiger partial charge in [-0.1, -0.05) is 291 Å². The van der Waals surface area contributed by atoms with Gasteiger partial charge in [0.15, 0.2) is 0 Å². The van der Waals surface area contributed by atoms with E-state index < -0.39 is 10.8 Å². The first kappa shape index (κ1) is 55.7. The van der Waals surface area contributed by atoms with Gasteiger partial charge in [0.2, 0.25) is 0 Å². The summed E-state index contributed by atoms with van der Waals surface area (Å²) < 4.78 is 9.53. The zero-order valence-corrected chi connectivity index (χ0v) is 54.0. The van der Waals surface area contributed by atoms with Crippen molar-refractivity contribution in [3.05, 3.63) is 395 Å². The quantitative estimate of drug-likeness (QED) is 0.152. The highest BCUT2D eigenvalue weighted by Crippen LogP contribution is 2.62. The second-order valence-corrected chi connectivity index (χ2v) is 26.6. The largest absolute Gasteiger partial charge is 0.306 e. The summed E-state index contributed by atoms with van der Waals surface area (Å²) in [4.78, 5) is 0. The van der Waals surface area contributed by atoms with Gasteiger partial charge >= 0.3 is 0 Å². The third-order valence-corrected chi connectivity index (χ3v) is 22.2. The highest BCUT2D eigenvalue weighted by atomic mass is 15.1. The van der Waals surface area contributed by atoms with E-state index in [1.54, 1.807) is 0 Å². The molecule has 100 heavy (non-hydrogen) atoms. The Bertz CT molecular complexity index is 6190. The molecule has 0 bridgehead atoms. The molecule has 4 heterocycles.